The molecular weight excluding hydrogens is 488 g/mol. The third-order valence-electron chi connectivity index (χ3n) is 7.30. The van der Waals surface area contributed by atoms with E-state index < -0.39 is 10.0 Å². The Bertz CT molecular complexity index is 1430. The Kier molecular flexibility index (Phi) is 7.28. The maximum Gasteiger partial charge on any atom is 0.255 e. The van der Waals surface area contributed by atoms with Crippen molar-refractivity contribution in [1.29, 1.82) is 0 Å². The van der Waals surface area contributed by atoms with Gasteiger partial charge < -0.3 is 15.5 Å². The Morgan fingerprint density at radius 1 is 0.919 bits per heavy atom. The van der Waals surface area contributed by atoms with Crippen LogP contribution < -0.4 is 15.4 Å². The van der Waals surface area contributed by atoms with Crippen LogP contribution in [0.2, 0.25) is 0 Å². The first-order valence-electron chi connectivity index (χ1n) is 12.8. The summed E-state index contributed by atoms with van der Waals surface area (Å²) in [6.07, 6.45) is 3.01. The summed E-state index contributed by atoms with van der Waals surface area (Å²) in [6, 6.07) is 17.3. The minimum atomic E-state index is -3.82. The van der Waals surface area contributed by atoms with Crippen molar-refractivity contribution >= 4 is 38.3 Å². The van der Waals surface area contributed by atoms with E-state index in [1.165, 1.54) is 0 Å². The number of piperidine rings is 1. The number of anilines is 1. The second-order valence-corrected chi connectivity index (χ2v) is 11.5. The number of carbonyl (C=O) groups is 2. The van der Waals surface area contributed by atoms with Gasteiger partial charge >= 0.3 is 0 Å². The van der Waals surface area contributed by atoms with Crippen molar-refractivity contribution in [3.63, 3.8) is 0 Å². The zero-order valence-corrected chi connectivity index (χ0v) is 21.7. The monoisotopic (exact) mass is 520 g/mol. The lowest BCUT2D eigenvalue weighted by molar-refractivity contribution is -0.134. The van der Waals surface area contributed by atoms with Crippen molar-refractivity contribution in [3.05, 3.63) is 71.8 Å². The number of sulfonamides is 1. The van der Waals surface area contributed by atoms with Crippen LogP contribution in [-0.2, 0) is 14.8 Å². The maximum absolute atomic E-state index is 13.4. The molecule has 3 N–H and O–H groups in total. The SMILES string of the molecule is Cc1ccccc1C(=O)Nc1cccc2c(S(=O)(=O)NC3CCN(C(=O)[C@@H]4CCCN4)CC3)cccc12. The van der Waals surface area contributed by atoms with E-state index in [0.29, 0.717) is 48.0 Å². The first-order valence-corrected chi connectivity index (χ1v) is 14.2. The van der Waals surface area contributed by atoms with Gasteiger partial charge in [-0.3, -0.25) is 9.59 Å². The van der Waals surface area contributed by atoms with E-state index >= 15 is 0 Å². The van der Waals surface area contributed by atoms with Crippen LogP contribution in [-0.4, -0.2) is 56.9 Å². The molecule has 0 aromatic heterocycles. The Balaban J connectivity index is 1.32. The largest absolute Gasteiger partial charge is 0.341 e. The molecule has 3 aromatic carbocycles. The van der Waals surface area contributed by atoms with Gasteiger partial charge in [0.1, 0.15) is 0 Å². The predicted molar refractivity (Wildman–Crippen MR) is 144 cm³/mol. The van der Waals surface area contributed by atoms with Crippen molar-refractivity contribution in [3.8, 4) is 0 Å². The smallest absolute Gasteiger partial charge is 0.255 e. The zero-order chi connectivity index (χ0) is 26.0. The van der Waals surface area contributed by atoms with Crippen molar-refractivity contribution in [2.75, 3.05) is 25.0 Å². The quantitative estimate of drug-likeness (QED) is 0.462. The van der Waals surface area contributed by atoms with Gasteiger partial charge in [0, 0.05) is 41.2 Å². The molecule has 2 saturated heterocycles. The fourth-order valence-electron chi connectivity index (χ4n) is 5.26. The van der Waals surface area contributed by atoms with E-state index in [4.69, 9.17) is 0 Å². The van der Waals surface area contributed by atoms with Crippen molar-refractivity contribution in [2.24, 2.45) is 0 Å². The van der Waals surface area contributed by atoms with Gasteiger partial charge in [-0.25, -0.2) is 13.1 Å². The molecule has 5 rings (SSSR count). The van der Waals surface area contributed by atoms with Crippen LogP contribution in [0.1, 0.15) is 41.6 Å². The summed E-state index contributed by atoms with van der Waals surface area (Å²) in [5, 5.41) is 7.37. The van der Waals surface area contributed by atoms with E-state index in [2.05, 4.69) is 15.4 Å². The number of rotatable bonds is 6. The van der Waals surface area contributed by atoms with Gasteiger partial charge in [-0.15, -0.1) is 0 Å². The Morgan fingerprint density at radius 2 is 1.65 bits per heavy atom. The van der Waals surface area contributed by atoms with Crippen LogP contribution in [0.15, 0.2) is 65.6 Å². The number of benzene rings is 3. The number of nitrogens with one attached hydrogen (secondary N) is 3. The first-order chi connectivity index (χ1) is 17.8. The number of hydrogen-bond donors (Lipinski definition) is 3. The number of nitrogens with zero attached hydrogens (tertiary/aromatic N) is 1. The Labute approximate surface area is 217 Å². The summed E-state index contributed by atoms with van der Waals surface area (Å²) in [5.74, 6) is -0.126. The topological polar surface area (TPSA) is 108 Å². The highest BCUT2D eigenvalue weighted by Crippen LogP contribution is 2.30. The molecule has 2 amide bonds. The number of likely N-dealkylation sites (tertiary alicyclic amines) is 1. The molecule has 3 aromatic rings. The summed E-state index contributed by atoms with van der Waals surface area (Å²) in [5.41, 5.74) is 1.98. The molecule has 194 valence electrons. The minimum absolute atomic E-state index is 0.107. The highest BCUT2D eigenvalue weighted by molar-refractivity contribution is 7.89. The lowest BCUT2D eigenvalue weighted by atomic mass is 10.0. The molecular formula is C28H32N4O4S. The van der Waals surface area contributed by atoms with Crippen LogP contribution in [0, 0.1) is 6.92 Å². The standard InChI is InChI=1S/C28H32N4O4S/c1-19-7-2-3-8-21(19)27(33)30-24-11-4-10-23-22(24)9-5-13-26(23)37(35,36)31-20-14-17-32(18-15-20)28(34)25-12-6-16-29-25/h2-5,7-11,13,20,25,29,31H,6,12,14-18H2,1H3,(H,30,33)/t25-/m0/s1. The molecule has 0 radical (unpaired) electrons. The van der Waals surface area contributed by atoms with Gasteiger partial charge in [0.2, 0.25) is 15.9 Å². The fraction of sp³-hybridized carbons (Fsp3) is 0.357. The molecule has 0 aliphatic carbocycles. The predicted octanol–water partition coefficient (Wildman–Crippen LogP) is 3.42. The van der Waals surface area contributed by atoms with E-state index in [0.717, 1.165) is 24.9 Å². The zero-order valence-electron chi connectivity index (χ0n) is 20.9. The summed E-state index contributed by atoms with van der Waals surface area (Å²) in [6.45, 7) is 3.82. The summed E-state index contributed by atoms with van der Waals surface area (Å²) >= 11 is 0. The van der Waals surface area contributed by atoms with E-state index in [-0.39, 0.29) is 28.8 Å². The van der Waals surface area contributed by atoms with Crippen LogP contribution in [0.5, 0.6) is 0 Å². The molecule has 2 heterocycles. The van der Waals surface area contributed by atoms with Crippen LogP contribution in [0.25, 0.3) is 10.8 Å². The molecule has 0 spiro atoms. The molecule has 0 bridgehead atoms. The van der Waals surface area contributed by atoms with E-state index in [1.54, 1.807) is 36.4 Å². The highest BCUT2D eigenvalue weighted by Gasteiger charge is 2.31. The van der Waals surface area contributed by atoms with Gasteiger partial charge in [-0.1, -0.05) is 42.5 Å². The van der Waals surface area contributed by atoms with Gasteiger partial charge in [0.05, 0.1) is 10.9 Å². The first kappa shape index (κ1) is 25.4. The number of amides is 2. The Morgan fingerprint density at radius 3 is 2.38 bits per heavy atom. The van der Waals surface area contributed by atoms with Gasteiger partial charge in [-0.05, 0) is 62.9 Å². The molecule has 0 saturated carbocycles. The van der Waals surface area contributed by atoms with Crippen molar-refractivity contribution in [1.82, 2.24) is 14.9 Å². The number of fused-ring (bicyclic) bond motifs is 1. The lowest BCUT2D eigenvalue weighted by Crippen LogP contribution is -2.50. The third-order valence-corrected chi connectivity index (χ3v) is 8.88. The molecule has 8 nitrogen and oxygen atoms in total. The summed E-state index contributed by atoms with van der Waals surface area (Å²) in [7, 11) is -3.82. The Hall–Kier alpha value is -3.27. The summed E-state index contributed by atoms with van der Waals surface area (Å²) in [4.78, 5) is 27.6. The van der Waals surface area contributed by atoms with E-state index in [1.807, 2.05) is 36.1 Å². The average Bonchev–Trinajstić information content (AvgIpc) is 3.44. The second-order valence-electron chi connectivity index (χ2n) is 9.80. The van der Waals surface area contributed by atoms with Crippen LogP contribution in [0.3, 0.4) is 0 Å². The number of carbonyl (C=O) groups excluding carboxylic acids is 2. The molecule has 2 aliphatic rings. The second kappa shape index (κ2) is 10.6. The fourth-order valence-corrected chi connectivity index (χ4v) is 6.78. The van der Waals surface area contributed by atoms with Gasteiger partial charge in [0.25, 0.3) is 5.91 Å². The van der Waals surface area contributed by atoms with Gasteiger partial charge in [0.15, 0.2) is 0 Å². The van der Waals surface area contributed by atoms with Gasteiger partial charge in [-0.2, -0.15) is 0 Å². The number of hydrogen-bond acceptors (Lipinski definition) is 5. The highest BCUT2D eigenvalue weighted by atomic mass is 32.2. The summed E-state index contributed by atoms with van der Waals surface area (Å²) < 4.78 is 29.8. The molecule has 2 aliphatic heterocycles. The van der Waals surface area contributed by atoms with Crippen molar-refractivity contribution in [2.45, 2.75) is 49.6 Å². The third kappa shape index (κ3) is 5.39. The van der Waals surface area contributed by atoms with Crippen molar-refractivity contribution < 1.29 is 18.0 Å². The van der Waals surface area contributed by atoms with E-state index in [9.17, 15) is 18.0 Å². The lowest BCUT2D eigenvalue weighted by Gasteiger charge is -2.33. The number of aryl methyl sites for hydroxylation is 1. The molecule has 1 atom stereocenters. The molecule has 2 fully saturated rings. The normalized spacial score (nSPS) is 18.7. The molecule has 9 heteroatoms. The maximum atomic E-state index is 13.4. The molecule has 37 heavy (non-hydrogen) atoms. The van der Waals surface area contributed by atoms with Crippen LogP contribution in [0.4, 0.5) is 5.69 Å². The van der Waals surface area contributed by atoms with Crippen LogP contribution >= 0.6 is 0 Å². The average molecular weight is 521 g/mol. The molecule has 0 unspecified atom stereocenters. The minimum Gasteiger partial charge on any atom is -0.341 e.